The number of nitrogens with zero attached hydrogens (tertiary/aromatic N) is 8. The van der Waals surface area contributed by atoms with Crippen molar-refractivity contribution in [3.8, 4) is 6.07 Å². The Balaban J connectivity index is 1.51. The molecule has 5 rings (SSSR count). The van der Waals surface area contributed by atoms with Crippen LogP contribution < -0.4 is 10.5 Å². The van der Waals surface area contributed by atoms with Crippen LogP contribution >= 0.6 is 0 Å². The number of aryl methyl sites for hydroxylation is 1. The van der Waals surface area contributed by atoms with Gasteiger partial charge < -0.3 is 9.47 Å². The van der Waals surface area contributed by atoms with E-state index in [-0.39, 0.29) is 24.2 Å². The summed E-state index contributed by atoms with van der Waals surface area (Å²) in [7, 11) is 1.76. The molecule has 186 valence electrons. The van der Waals surface area contributed by atoms with Gasteiger partial charge in [-0.1, -0.05) is 19.9 Å². The summed E-state index contributed by atoms with van der Waals surface area (Å²) in [6, 6.07) is 11.0. The van der Waals surface area contributed by atoms with Crippen molar-refractivity contribution in [3.63, 3.8) is 0 Å². The fraction of sp³-hybridized carbons (Fsp3) is 0.444. The maximum absolute atomic E-state index is 12.9. The summed E-state index contributed by atoms with van der Waals surface area (Å²) < 4.78 is 3.23. The zero-order chi connectivity index (χ0) is 25.4. The molecule has 1 fully saturated rings. The van der Waals surface area contributed by atoms with Gasteiger partial charge >= 0.3 is 0 Å². The fourth-order valence-corrected chi connectivity index (χ4v) is 5.50. The van der Waals surface area contributed by atoms with Crippen LogP contribution in [0.4, 0.5) is 5.69 Å². The Hall–Kier alpha value is -3.77. The fourth-order valence-electron chi connectivity index (χ4n) is 5.50. The molecular formula is C27H32N8O. The molecule has 0 spiro atoms. The lowest BCUT2D eigenvalue weighted by Gasteiger charge is -2.49. The van der Waals surface area contributed by atoms with Crippen molar-refractivity contribution in [3.05, 3.63) is 58.8 Å². The first-order valence-corrected chi connectivity index (χ1v) is 12.6. The largest absolute Gasteiger partial charge is 0.364 e. The van der Waals surface area contributed by atoms with Crippen LogP contribution in [0, 0.1) is 11.3 Å². The lowest BCUT2D eigenvalue weighted by Crippen LogP contribution is -2.58. The van der Waals surface area contributed by atoms with Gasteiger partial charge in [-0.15, -0.1) is 0 Å². The van der Waals surface area contributed by atoms with Gasteiger partial charge in [0.2, 0.25) is 0 Å². The first kappa shape index (κ1) is 23.9. The Morgan fingerprint density at radius 1 is 1.08 bits per heavy atom. The molecule has 3 atom stereocenters. The molecule has 1 aromatic carbocycles. The van der Waals surface area contributed by atoms with Gasteiger partial charge in [-0.2, -0.15) is 10.4 Å². The third-order valence-electron chi connectivity index (χ3n) is 7.63. The van der Waals surface area contributed by atoms with E-state index in [4.69, 9.17) is 10.4 Å². The van der Waals surface area contributed by atoms with Crippen LogP contribution in [0.2, 0.25) is 0 Å². The Morgan fingerprint density at radius 2 is 1.83 bits per heavy atom. The zero-order valence-electron chi connectivity index (χ0n) is 21.3. The molecule has 0 radical (unpaired) electrons. The highest BCUT2D eigenvalue weighted by molar-refractivity contribution is 5.88. The standard InChI is InChI=1S/C27H32N8O/c1-5-20-16-35(24-14-26(36)32(4)25-17-33(12-9-28)31-27(24)25)21(6-2)15-34(20)18(3)19-7-8-22-23(13-19)30-11-10-29-22/h7-8,10-11,13-14,17-18,20-21H,5-6,12,15-16H2,1-4H3/t18-,20-,21+/m1/s1. The van der Waals surface area contributed by atoms with Crippen molar-refractivity contribution in [1.29, 1.82) is 5.26 Å². The zero-order valence-corrected chi connectivity index (χ0v) is 21.3. The van der Waals surface area contributed by atoms with E-state index < -0.39 is 0 Å². The topological polar surface area (TPSA) is 95.9 Å². The predicted octanol–water partition coefficient (Wildman–Crippen LogP) is 3.64. The van der Waals surface area contributed by atoms with Crippen LogP contribution in [0.3, 0.4) is 0 Å². The Kier molecular flexibility index (Phi) is 6.46. The number of piperazine rings is 1. The minimum Gasteiger partial charge on any atom is -0.364 e. The van der Waals surface area contributed by atoms with E-state index in [1.807, 2.05) is 0 Å². The van der Waals surface area contributed by atoms with Crippen LogP contribution in [-0.4, -0.2) is 54.4 Å². The van der Waals surface area contributed by atoms with Crippen molar-refractivity contribution >= 4 is 27.8 Å². The number of hydrogen-bond donors (Lipinski definition) is 0. The van der Waals surface area contributed by atoms with E-state index in [9.17, 15) is 4.79 Å². The van der Waals surface area contributed by atoms with E-state index in [1.54, 1.807) is 41.0 Å². The lowest BCUT2D eigenvalue weighted by atomic mass is 9.96. The second-order valence-electron chi connectivity index (χ2n) is 9.60. The highest BCUT2D eigenvalue weighted by Gasteiger charge is 2.36. The summed E-state index contributed by atoms with van der Waals surface area (Å²) in [5.41, 5.74) is 5.38. The molecule has 9 heteroatoms. The number of fused-ring (bicyclic) bond motifs is 2. The molecular weight excluding hydrogens is 452 g/mol. The lowest BCUT2D eigenvalue weighted by molar-refractivity contribution is 0.101. The molecule has 3 aromatic heterocycles. The predicted molar refractivity (Wildman–Crippen MR) is 141 cm³/mol. The quantitative estimate of drug-likeness (QED) is 0.412. The minimum atomic E-state index is -0.0648. The molecule has 4 heterocycles. The minimum absolute atomic E-state index is 0.0648. The number of pyridine rings is 1. The van der Waals surface area contributed by atoms with E-state index in [0.29, 0.717) is 6.04 Å². The van der Waals surface area contributed by atoms with Gasteiger partial charge in [0.25, 0.3) is 5.56 Å². The highest BCUT2D eigenvalue weighted by Crippen LogP contribution is 2.34. The van der Waals surface area contributed by atoms with Gasteiger partial charge in [0.15, 0.2) is 0 Å². The molecule has 0 saturated carbocycles. The van der Waals surface area contributed by atoms with E-state index in [2.05, 4.69) is 64.8 Å². The van der Waals surface area contributed by atoms with Gasteiger partial charge in [0.05, 0.1) is 34.5 Å². The second kappa shape index (κ2) is 9.70. The van der Waals surface area contributed by atoms with Gasteiger partial charge in [-0.25, -0.2) is 0 Å². The number of benzene rings is 1. The van der Waals surface area contributed by atoms with E-state index in [0.717, 1.165) is 53.7 Å². The summed E-state index contributed by atoms with van der Waals surface area (Å²) in [5, 5.41) is 13.9. The van der Waals surface area contributed by atoms with Gasteiger partial charge in [-0.05, 0) is 37.5 Å². The number of hydrogen-bond acceptors (Lipinski definition) is 7. The first-order valence-electron chi connectivity index (χ1n) is 12.6. The Labute approximate surface area is 210 Å². The molecule has 0 unspecified atom stereocenters. The van der Waals surface area contributed by atoms with E-state index >= 15 is 0 Å². The smallest absolute Gasteiger partial charge is 0.252 e. The molecule has 1 aliphatic heterocycles. The molecule has 0 aliphatic carbocycles. The van der Waals surface area contributed by atoms with E-state index in [1.165, 1.54) is 5.56 Å². The normalized spacial score (nSPS) is 19.6. The van der Waals surface area contributed by atoms with Gasteiger partial charge in [0, 0.05) is 56.7 Å². The average molecular weight is 485 g/mol. The number of nitriles is 1. The molecule has 9 nitrogen and oxygen atoms in total. The molecule has 4 aromatic rings. The number of rotatable bonds is 6. The molecule has 0 bridgehead atoms. The Bertz CT molecular complexity index is 1500. The molecule has 1 saturated heterocycles. The summed E-state index contributed by atoms with van der Waals surface area (Å²) in [6.45, 7) is 8.53. The molecule has 0 N–H and O–H groups in total. The van der Waals surface area contributed by atoms with Crippen molar-refractivity contribution < 1.29 is 0 Å². The van der Waals surface area contributed by atoms with Crippen molar-refractivity contribution in [2.45, 2.75) is 58.3 Å². The van der Waals surface area contributed by atoms with Crippen molar-refractivity contribution in [2.75, 3.05) is 18.0 Å². The van der Waals surface area contributed by atoms with Crippen LogP contribution in [0.1, 0.15) is 45.2 Å². The third kappa shape index (κ3) is 4.11. The Morgan fingerprint density at radius 3 is 2.56 bits per heavy atom. The molecule has 1 aliphatic rings. The summed E-state index contributed by atoms with van der Waals surface area (Å²) in [6.07, 6.45) is 7.18. The SMILES string of the molecule is CC[C@H]1CN([C@H](C)c2ccc3nccnc3c2)[C@H](CC)CN1c1cc(=O)n(C)c2cn(CC#N)nc12. The third-order valence-corrected chi connectivity index (χ3v) is 7.63. The molecule has 0 amide bonds. The average Bonchev–Trinajstić information content (AvgIpc) is 3.33. The van der Waals surface area contributed by atoms with Gasteiger partial charge in [-0.3, -0.25) is 24.3 Å². The van der Waals surface area contributed by atoms with Crippen molar-refractivity contribution in [2.24, 2.45) is 7.05 Å². The van der Waals surface area contributed by atoms with Crippen molar-refractivity contribution in [1.82, 2.24) is 29.2 Å². The van der Waals surface area contributed by atoms with Crippen LogP contribution in [0.25, 0.3) is 22.1 Å². The maximum atomic E-state index is 12.9. The monoisotopic (exact) mass is 484 g/mol. The summed E-state index contributed by atoms with van der Waals surface area (Å²) in [4.78, 5) is 26.8. The van der Waals surface area contributed by atoms with Crippen LogP contribution in [0.15, 0.2) is 47.7 Å². The van der Waals surface area contributed by atoms with Gasteiger partial charge in [0.1, 0.15) is 12.1 Å². The van der Waals surface area contributed by atoms with Crippen LogP contribution in [0.5, 0.6) is 0 Å². The first-order chi connectivity index (χ1) is 17.4. The second-order valence-corrected chi connectivity index (χ2v) is 9.60. The summed E-state index contributed by atoms with van der Waals surface area (Å²) >= 11 is 0. The summed E-state index contributed by atoms with van der Waals surface area (Å²) in [5.74, 6) is 0. The van der Waals surface area contributed by atoms with Crippen LogP contribution in [-0.2, 0) is 13.6 Å². The highest BCUT2D eigenvalue weighted by atomic mass is 16.1. The number of anilines is 1. The number of aromatic nitrogens is 5. The molecule has 36 heavy (non-hydrogen) atoms. The maximum Gasteiger partial charge on any atom is 0.252 e.